The van der Waals surface area contributed by atoms with Gasteiger partial charge in [-0.25, -0.2) is 15.0 Å². The number of aliphatic hydroxyl groups is 1. The maximum atomic E-state index is 10.5. The van der Waals surface area contributed by atoms with Crippen molar-refractivity contribution in [3.05, 3.63) is 54.5 Å². The molecule has 1 aliphatic rings. The number of H-pyrrole nitrogens is 1. The van der Waals surface area contributed by atoms with E-state index >= 15 is 0 Å². The standard InChI is InChI=1S/C19H22N6O/c1-13-11-16(24-18(23-13)15-3-2-6-20-12-15)25-9-4-14(5-10-25)17(26)19-21-7-8-22-19/h2-3,6-8,11-12,14,17,26H,4-5,9-10H2,1H3,(H,21,22). The maximum Gasteiger partial charge on any atom is 0.163 e. The molecule has 134 valence electrons. The monoisotopic (exact) mass is 350 g/mol. The van der Waals surface area contributed by atoms with Gasteiger partial charge in [0.2, 0.25) is 0 Å². The van der Waals surface area contributed by atoms with Gasteiger partial charge in [0.25, 0.3) is 0 Å². The van der Waals surface area contributed by atoms with Gasteiger partial charge in [-0.05, 0) is 37.8 Å². The summed E-state index contributed by atoms with van der Waals surface area (Å²) in [6.07, 6.45) is 8.21. The first kappa shape index (κ1) is 16.7. The van der Waals surface area contributed by atoms with E-state index in [4.69, 9.17) is 4.98 Å². The van der Waals surface area contributed by atoms with Crippen molar-refractivity contribution in [3.8, 4) is 11.4 Å². The van der Waals surface area contributed by atoms with Gasteiger partial charge in [-0.2, -0.15) is 0 Å². The summed E-state index contributed by atoms with van der Waals surface area (Å²) in [4.78, 5) is 22.9. The van der Waals surface area contributed by atoms with Crippen molar-refractivity contribution in [1.82, 2.24) is 24.9 Å². The van der Waals surface area contributed by atoms with Crippen LogP contribution in [0.3, 0.4) is 0 Å². The van der Waals surface area contributed by atoms with Crippen LogP contribution in [-0.4, -0.2) is 43.1 Å². The second-order valence-corrected chi connectivity index (χ2v) is 6.68. The third-order valence-corrected chi connectivity index (χ3v) is 4.87. The lowest BCUT2D eigenvalue weighted by atomic mass is 9.91. The van der Waals surface area contributed by atoms with E-state index in [1.165, 1.54) is 0 Å². The molecular formula is C19H22N6O. The smallest absolute Gasteiger partial charge is 0.163 e. The molecule has 0 aliphatic carbocycles. The van der Waals surface area contributed by atoms with Crippen LogP contribution < -0.4 is 4.90 Å². The molecule has 26 heavy (non-hydrogen) atoms. The summed E-state index contributed by atoms with van der Waals surface area (Å²) in [6, 6.07) is 5.88. The van der Waals surface area contributed by atoms with Gasteiger partial charge < -0.3 is 15.0 Å². The predicted molar refractivity (Wildman–Crippen MR) is 98.5 cm³/mol. The van der Waals surface area contributed by atoms with E-state index in [9.17, 15) is 5.11 Å². The molecule has 3 aromatic heterocycles. The summed E-state index contributed by atoms with van der Waals surface area (Å²) in [5.41, 5.74) is 1.85. The van der Waals surface area contributed by atoms with Crippen LogP contribution in [0.4, 0.5) is 5.82 Å². The number of hydrogen-bond donors (Lipinski definition) is 2. The SMILES string of the molecule is Cc1cc(N2CCC(C(O)c3ncc[nH]3)CC2)nc(-c2cccnc2)n1. The summed E-state index contributed by atoms with van der Waals surface area (Å²) < 4.78 is 0. The molecule has 7 nitrogen and oxygen atoms in total. The van der Waals surface area contributed by atoms with Crippen molar-refractivity contribution >= 4 is 5.82 Å². The number of nitrogens with zero attached hydrogens (tertiary/aromatic N) is 5. The van der Waals surface area contributed by atoms with E-state index in [0.29, 0.717) is 11.6 Å². The van der Waals surface area contributed by atoms with Crippen LogP contribution in [0.5, 0.6) is 0 Å². The molecular weight excluding hydrogens is 328 g/mol. The maximum absolute atomic E-state index is 10.5. The summed E-state index contributed by atoms with van der Waals surface area (Å²) in [6.45, 7) is 3.69. The Hall–Kier alpha value is -2.80. The van der Waals surface area contributed by atoms with Gasteiger partial charge in [0.15, 0.2) is 5.82 Å². The molecule has 1 unspecified atom stereocenters. The minimum Gasteiger partial charge on any atom is -0.385 e. The van der Waals surface area contributed by atoms with E-state index in [-0.39, 0.29) is 5.92 Å². The molecule has 0 spiro atoms. The molecule has 0 aromatic carbocycles. The molecule has 0 saturated carbocycles. The molecule has 0 bridgehead atoms. The molecule has 4 heterocycles. The summed E-state index contributed by atoms with van der Waals surface area (Å²) >= 11 is 0. The minimum atomic E-state index is -0.537. The zero-order valence-electron chi connectivity index (χ0n) is 14.7. The Kier molecular flexibility index (Phi) is 4.62. The first-order chi connectivity index (χ1) is 12.7. The van der Waals surface area contributed by atoms with E-state index in [0.717, 1.165) is 43.0 Å². The molecule has 0 amide bonds. The highest BCUT2D eigenvalue weighted by atomic mass is 16.3. The Bertz CT molecular complexity index is 844. The van der Waals surface area contributed by atoms with Crippen LogP contribution in [0.25, 0.3) is 11.4 Å². The lowest BCUT2D eigenvalue weighted by molar-refractivity contribution is 0.0856. The van der Waals surface area contributed by atoms with E-state index in [2.05, 4.69) is 24.8 Å². The Morgan fingerprint density at radius 2 is 2.08 bits per heavy atom. The van der Waals surface area contributed by atoms with E-state index < -0.39 is 6.10 Å². The zero-order valence-corrected chi connectivity index (χ0v) is 14.7. The van der Waals surface area contributed by atoms with Gasteiger partial charge in [-0.15, -0.1) is 0 Å². The molecule has 1 atom stereocenters. The van der Waals surface area contributed by atoms with E-state index in [1.807, 2.05) is 25.1 Å². The normalized spacial score (nSPS) is 16.6. The molecule has 3 aromatic rings. The summed E-state index contributed by atoms with van der Waals surface area (Å²) in [5, 5.41) is 10.5. The van der Waals surface area contributed by atoms with Gasteiger partial charge in [-0.3, -0.25) is 4.98 Å². The van der Waals surface area contributed by atoms with Gasteiger partial charge >= 0.3 is 0 Å². The quantitative estimate of drug-likeness (QED) is 0.751. The molecule has 2 N–H and O–H groups in total. The number of anilines is 1. The summed E-state index contributed by atoms with van der Waals surface area (Å²) in [5.74, 6) is 2.49. The molecule has 4 rings (SSSR count). The van der Waals surface area contributed by atoms with Crippen LogP contribution in [0.15, 0.2) is 43.0 Å². The number of nitrogens with one attached hydrogen (secondary N) is 1. The Labute approximate surface area is 152 Å². The number of piperidine rings is 1. The average Bonchev–Trinajstić information content (AvgIpc) is 3.22. The number of aromatic nitrogens is 5. The fourth-order valence-electron chi connectivity index (χ4n) is 3.44. The van der Waals surface area contributed by atoms with Crippen molar-refractivity contribution < 1.29 is 5.11 Å². The van der Waals surface area contributed by atoms with Crippen molar-refractivity contribution in [2.24, 2.45) is 5.92 Å². The third kappa shape index (κ3) is 3.43. The van der Waals surface area contributed by atoms with Gasteiger partial charge in [0.05, 0.1) is 0 Å². The summed E-state index contributed by atoms with van der Waals surface area (Å²) in [7, 11) is 0. The first-order valence-corrected chi connectivity index (χ1v) is 8.89. The molecule has 1 fully saturated rings. The number of imidazole rings is 1. The highest BCUT2D eigenvalue weighted by Crippen LogP contribution is 2.31. The predicted octanol–water partition coefficient (Wildman–Crippen LogP) is 2.52. The van der Waals surface area contributed by atoms with Crippen molar-refractivity contribution in [2.75, 3.05) is 18.0 Å². The van der Waals surface area contributed by atoms with Gasteiger partial charge in [0.1, 0.15) is 17.7 Å². The number of hydrogen-bond acceptors (Lipinski definition) is 6. The van der Waals surface area contributed by atoms with E-state index in [1.54, 1.807) is 24.8 Å². The number of aryl methyl sites for hydroxylation is 1. The van der Waals surface area contributed by atoms with Crippen LogP contribution in [0.2, 0.25) is 0 Å². The Morgan fingerprint density at radius 3 is 2.77 bits per heavy atom. The number of pyridine rings is 1. The largest absolute Gasteiger partial charge is 0.385 e. The molecule has 0 radical (unpaired) electrons. The Morgan fingerprint density at radius 1 is 1.23 bits per heavy atom. The molecule has 7 heteroatoms. The lowest BCUT2D eigenvalue weighted by Crippen LogP contribution is -2.36. The molecule has 1 saturated heterocycles. The number of aliphatic hydroxyl groups excluding tert-OH is 1. The van der Waals surface area contributed by atoms with Crippen LogP contribution in [0, 0.1) is 12.8 Å². The second kappa shape index (κ2) is 7.21. The topological polar surface area (TPSA) is 90.8 Å². The van der Waals surface area contributed by atoms with Crippen molar-refractivity contribution in [3.63, 3.8) is 0 Å². The molecule has 1 aliphatic heterocycles. The second-order valence-electron chi connectivity index (χ2n) is 6.68. The van der Waals surface area contributed by atoms with Crippen LogP contribution in [-0.2, 0) is 0 Å². The minimum absolute atomic E-state index is 0.207. The fourth-order valence-corrected chi connectivity index (χ4v) is 3.44. The zero-order chi connectivity index (χ0) is 17.9. The third-order valence-electron chi connectivity index (χ3n) is 4.87. The van der Waals surface area contributed by atoms with Crippen LogP contribution >= 0.6 is 0 Å². The van der Waals surface area contributed by atoms with Gasteiger partial charge in [0, 0.05) is 55.2 Å². The first-order valence-electron chi connectivity index (χ1n) is 8.89. The lowest BCUT2D eigenvalue weighted by Gasteiger charge is -2.34. The van der Waals surface area contributed by atoms with Gasteiger partial charge in [-0.1, -0.05) is 0 Å². The average molecular weight is 350 g/mol. The highest BCUT2D eigenvalue weighted by molar-refractivity contribution is 5.56. The number of rotatable bonds is 4. The Balaban J connectivity index is 1.48. The van der Waals surface area contributed by atoms with Crippen molar-refractivity contribution in [2.45, 2.75) is 25.9 Å². The number of aromatic amines is 1. The highest BCUT2D eigenvalue weighted by Gasteiger charge is 2.28. The van der Waals surface area contributed by atoms with Crippen molar-refractivity contribution in [1.29, 1.82) is 0 Å². The fraction of sp³-hybridized carbons (Fsp3) is 0.368. The van der Waals surface area contributed by atoms with Crippen LogP contribution in [0.1, 0.15) is 30.5 Å².